The molecule has 0 atom stereocenters. The Morgan fingerprint density at radius 1 is 0.744 bits per heavy atom. The average Bonchev–Trinajstić information content (AvgIpc) is 2.99. The molecule has 3 aromatic carbocycles. The van der Waals surface area contributed by atoms with Gasteiger partial charge in [0.15, 0.2) is 0 Å². The van der Waals surface area contributed by atoms with Gasteiger partial charge >= 0.3 is 0 Å². The number of ether oxygens (including phenoxy) is 2. The summed E-state index contributed by atoms with van der Waals surface area (Å²) in [6, 6.07) is 25.6. The van der Waals surface area contributed by atoms with Crippen LogP contribution in [0.3, 0.4) is 0 Å². The summed E-state index contributed by atoms with van der Waals surface area (Å²) >= 11 is 0. The van der Waals surface area contributed by atoms with E-state index in [4.69, 9.17) is 9.47 Å². The minimum atomic E-state index is -0.904. The van der Waals surface area contributed by atoms with E-state index in [9.17, 15) is 4.79 Å². The zero-order valence-corrected chi connectivity index (χ0v) is 23.4. The van der Waals surface area contributed by atoms with Crippen LogP contribution in [0.5, 0.6) is 11.5 Å². The van der Waals surface area contributed by atoms with E-state index in [1.807, 2.05) is 78.9 Å². The monoisotopic (exact) mass is 524 g/mol. The van der Waals surface area contributed by atoms with Gasteiger partial charge in [0.25, 0.3) is 0 Å². The molecule has 39 heavy (non-hydrogen) atoms. The second kappa shape index (κ2) is 13.8. The van der Waals surface area contributed by atoms with Crippen molar-refractivity contribution in [3.63, 3.8) is 0 Å². The number of aromatic nitrogens is 1. The lowest BCUT2D eigenvalue weighted by Crippen LogP contribution is -2.41. The number of fused-ring (bicyclic) bond motifs is 1. The molecule has 5 heteroatoms. The highest BCUT2D eigenvalue weighted by atomic mass is 16.5. The molecule has 4 rings (SSSR count). The van der Waals surface area contributed by atoms with Gasteiger partial charge in [-0.15, -0.1) is 0 Å². The van der Waals surface area contributed by atoms with Crippen LogP contribution in [0.1, 0.15) is 69.4 Å². The van der Waals surface area contributed by atoms with Gasteiger partial charge in [-0.05, 0) is 53.9 Å². The second-order valence-corrected chi connectivity index (χ2v) is 10.1. The third kappa shape index (κ3) is 6.59. The predicted molar refractivity (Wildman–Crippen MR) is 160 cm³/mol. The van der Waals surface area contributed by atoms with Crippen LogP contribution in [-0.2, 0) is 10.2 Å². The Kier molecular flexibility index (Phi) is 9.96. The average molecular weight is 525 g/mol. The molecule has 0 saturated carbocycles. The van der Waals surface area contributed by atoms with E-state index in [-0.39, 0.29) is 5.91 Å². The number of pyridine rings is 1. The fraction of sp³-hybridized carbons (Fsp3) is 0.353. The first kappa shape index (κ1) is 28.2. The lowest BCUT2D eigenvalue weighted by Gasteiger charge is -2.34. The third-order valence-electron chi connectivity index (χ3n) is 7.59. The zero-order chi connectivity index (χ0) is 27.5. The Labute approximate surface area is 232 Å². The lowest BCUT2D eigenvalue weighted by molar-refractivity contribution is -0.120. The molecular weight excluding hydrogens is 484 g/mol. The number of carbonyl (C=O) groups is 1. The van der Waals surface area contributed by atoms with Crippen LogP contribution in [-0.4, -0.2) is 25.1 Å². The van der Waals surface area contributed by atoms with Crippen LogP contribution in [0.4, 0.5) is 5.69 Å². The number of amides is 1. The summed E-state index contributed by atoms with van der Waals surface area (Å²) in [6.07, 6.45) is 10.7. The molecule has 0 aliphatic heterocycles. The van der Waals surface area contributed by atoms with E-state index in [0.29, 0.717) is 12.1 Å². The standard InChI is InChI=1S/C34H40N2O3/c1-4-5-6-7-8-9-10-24-34(27-16-20-29(38-2)21-17-27,28-18-22-30(39-3)23-19-28)33(37)36-31-15-11-13-26-14-12-25-35-32(26)31/h11-23,25H,4-10,24H2,1-3H3,(H,36,37). The summed E-state index contributed by atoms with van der Waals surface area (Å²) in [6.45, 7) is 2.24. The van der Waals surface area contributed by atoms with Gasteiger partial charge in [-0.25, -0.2) is 0 Å². The third-order valence-corrected chi connectivity index (χ3v) is 7.59. The Morgan fingerprint density at radius 2 is 1.31 bits per heavy atom. The molecule has 0 unspecified atom stereocenters. The largest absolute Gasteiger partial charge is 0.497 e. The minimum Gasteiger partial charge on any atom is -0.497 e. The molecule has 0 fully saturated rings. The molecule has 1 aromatic heterocycles. The van der Waals surface area contributed by atoms with E-state index in [1.165, 1.54) is 32.1 Å². The first-order valence-corrected chi connectivity index (χ1v) is 14.1. The molecule has 1 amide bonds. The molecular formula is C34H40N2O3. The summed E-state index contributed by atoms with van der Waals surface area (Å²) in [4.78, 5) is 19.2. The Balaban J connectivity index is 1.75. The van der Waals surface area contributed by atoms with E-state index in [2.05, 4.69) is 17.2 Å². The fourth-order valence-corrected chi connectivity index (χ4v) is 5.36. The van der Waals surface area contributed by atoms with E-state index >= 15 is 0 Å². The van der Waals surface area contributed by atoms with Crippen molar-refractivity contribution in [1.29, 1.82) is 0 Å². The van der Waals surface area contributed by atoms with Crippen molar-refractivity contribution in [2.24, 2.45) is 0 Å². The number of hydrogen-bond donors (Lipinski definition) is 1. The Morgan fingerprint density at radius 3 is 1.90 bits per heavy atom. The van der Waals surface area contributed by atoms with Crippen molar-refractivity contribution in [3.05, 3.63) is 96.2 Å². The molecule has 4 aromatic rings. The highest BCUT2D eigenvalue weighted by Crippen LogP contribution is 2.40. The maximum atomic E-state index is 14.6. The maximum Gasteiger partial charge on any atom is 0.239 e. The molecule has 0 radical (unpaired) electrons. The van der Waals surface area contributed by atoms with Crippen LogP contribution in [0, 0.1) is 0 Å². The van der Waals surface area contributed by atoms with Gasteiger partial charge in [-0.1, -0.05) is 94.3 Å². The number of benzene rings is 3. The van der Waals surface area contributed by atoms with Crippen LogP contribution >= 0.6 is 0 Å². The molecule has 0 bridgehead atoms. The Hall–Kier alpha value is -3.86. The van der Waals surface area contributed by atoms with Gasteiger partial charge in [-0.3, -0.25) is 9.78 Å². The summed E-state index contributed by atoms with van der Waals surface area (Å²) in [7, 11) is 3.31. The first-order chi connectivity index (χ1) is 19.1. The second-order valence-electron chi connectivity index (χ2n) is 10.1. The number of hydrogen-bond acceptors (Lipinski definition) is 4. The van der Waals surface area contributed by atoms with Gasteiger partial charge in [0.2, 0.25) is 5.91 Å². The molecule has 0 spiro atoms. The van der Waals surface area contributed by atoms with Crippen LogP contribution in [0.2, 0.25) is 0 Å². The molecule has 1 N–H and O–H groups in total. The number of nitrogens with zero attached hydrogens (tertiary/aromatic N) is 1. The highest BCUT2D eigenvalue weighted by molar-refractivity contribution is 6.06. The van der Waals surface area contributed by atoms with Gasteiger partial charge in [0, 0.05) is 11.6 Å². The molecule has 204 valence electrons. The van der Waals surface area contributed by atoms with Crippen molar-refractivity contribution < 1.29 is 14.3 Å². The number of para-hydroxylation sites is 1. The zero-order valence-electron chi connectivity index (χ0n) is 23.4. The van der Waals surface area contributed by atoms with Crippen LogP contribution in [0.15, 0.2) is 85.1 Å². The van der Waals surface area contributed by atoms with E-state index < -0.39 is 5.41 Å². The number of anilines is 1. The number of methoxy groups -OCH3 is 2. The summed E-state index contributed by atoms with van der Waals surface area (Å²) in [5, 5.41) is 4.27. The smallest absolute Gasteiger partial charge is 0.239 e. The molecule has 1 heterocycles. The SMILES string of the molecule is CCCCCCCCCC(C(=O)Nc1cccc2cccnc12)(c1ccc(OC)cc1)c1ccc(OC)cc1. The van der Waals surface area contributed by atoms with Crippen molar-refractivity contribution in [2.45, 2.75) is 63.7 Å². The van der Waals surface area contributed by atoms with Crippen molar-refractivity contribution in [1.82, 2.24) is 4.98 Å². The highest BCUT2D eigenvalue weighted by Gasteiger charge is 2.42. The topological polar surface area (TPSA) is 60.5 Å². The quantitative estimate of drug-likeness (QED) is 0.169. The van der Waals surface area contributed by atoms with Crippen LogP contribution < -0.4 is 14.8 Å². The van der Waals surface area contributed by atoms with Gasteiger partial charge in [0.1, 0.15) is 11.5 Å². The molecule has 0 aliphatic carbocycles. The lowest BCUT2D eigenvalue weighted by atomic mass is 9.70. The van der Waals surface area contributed by atoms with Gasteiger partial charge < -0.3 is 14.8 Å². The van der Waals surface area contributed by atoms with Crippen molar-refractivity contribution in [2.75, 3.05) is 19.5 Å². The maximum absolute atomic E-state index is 14.6. The van der Waals surface area contributed by atoms with Gasteiger partial charge in [0.05, 0.1) is 30.8 Å². The van der Waals surface area contributed by atoms with Crippen molar-refractivity contribution in [3.8, 4) is 11.5 Å². The van der Waals surface area contributed by atoms with Gasteiger partial charge in [-0.2, -0.15) is 0 Å². The predicted octanol–water partition coefficient (Wildman–Crippen LogP) is 8.32. The fourth-order valence-electron chi connectivity index (χ4n) is 5.36. The minimum absolute atomic E-state index is 0.0676. The first-order valence-electron chi connectivity index (χ1n) is 14.1. The number of carbonyl (C=O) groups excluding carboxylic acids is 1. The van der Waals surface area contributed by atoms with E-state index in [1.54, 1.807) is 20.4 Å². The molecule has 5 nitrogen and oxygen atoms in total. The normalized spacial score (nSPS) is 11.4. The van der Waals surface area contributed by atoms with Crippen LogP contribution in [0.25, 0.3) is 10.9 Å². The Bertz CT molecular complexity index is 1280. The molecule has 0 saturated heterocycles. The summed E-state index contributed by atoms with van der Waals surface area (Å²) in [5.41, 5.74) is 2.46. The van der Waals surface area contributed by atoms with E-state index in [0.717, 1.165) is 46.4 Å². The van der Waals surface area contributed by atoms with Crippen molar-refractivity contribution >= 4 is 22.5 Å². The number of nitrogens with one attached hydrogen (secondary N) is 1. The molecule has 0 aliphatic rings. The number of rotatable bonds is 14. The summed E-state index contributed by atoms with van der Waals surface area (Å²) < 4.78 is 10.9. The summed E-state index contributed by atoms with van der Waals surface area (Å²) in [5.74, 6) is 1.45. The number of unbranched alkanes of at least 4 members (excludes halogenated alkanes) is 6.